The number of aromatic nitrogens is 2. The summed E-state index contributed by atoms with van der Waals surface area (Å²) < 4.78 is 1.94. The van der Waals surface area contributed by atoms with Crippen molar-refractivity contribution in [3.8, 4) is 16.9 Å². The van der Waals surface area contributed by atoms with E-state index in [4.69, 9.17) is 5.10 Å². The standard InChI is InChI=1S/C24H27N3O2/c1-17-7-9-18(10-8-17)23-20(16-27(26-23)22-5-3-2-4-6-22)15-25-21-13-11-19(12-14-21)24(28)29/h2-10,16,19,21,25H,11-15H2,1H3,(H,28,29). The average Bonchev–Trinajstić information content (AvgIpc) is 3.18. The molecule has 1 heterocycles. The number of carboxylic acids is 1. The molecule has 5 heteroatoms. The number of carbonyl (C=O) groups is 1. The van der Waals surface area contributed by atoms with E-state index in [9.17, 15) is 9.90 Å². The fourth-order valence-corrected chi connectivity index (χ4v) is 4.01. The Morgan fingerprint density at radius 3 is 2.41 bits per heavy atom. The molecule has 1 aliphatic rings. The van der Waals surface area contributed by atoms with E-state index in [1.165, 1.54) is 5.56 Å². The number of rotatable bonds is 6. The van der Waals surface area contributed by atoms with Crippen LogP contribution in [0.3, 0.4) is 0 Å². The van der Waals surface area contributed by atoms with E-state index in [0.717, 1.165) is 54.7 Å². The van der Waals surface area contributed by atoms with Gasteiger partial charge in [-0.25, -0.2) is 4.68 Å². The van der Waals surface area contributed by atoms with Crippen LogP contribution in [-0.2, 0) is 11.3 Å². The second-order valence-electron chi connectivity index (χ2n) is 7.92. The first-order valence-corrected chi connectivity index (χ1v) is 10.3. The Kier molecular flexibility index (Phi) is 5.76. The molecule has 29 heavy (non-hydrogen) atoms. The fraction of sp³-hybridized carbons (Fsp3) is 0.333. The second-order valence-corrected chi connectivity index (χ2v) is 7.92. The fourth-order valence-electron chi connectivity index (χ4n) is 4.01. The summed E-state index contributed by atoms with van der Waals surface area (Å²) >= 11 is 0. The number of para-hydroxylation sites is 1. The van der Waals surface area contributed by atoms with Crippen molar-refractivity contribution in [3.63, 3.8) is 0 Å². The molecule has 4 rings (SSSR count). The quantitative estimate of drug-likeness (QED) is 0.647. The summed E-state index contributed by atoms with van der Waals surface area (Å²) in [7, 11) is 0. The number of aliphatic carboxylic acids is 1. The number of benzene rings is 2. The van der Waals surface area contributed by atoms with Gasteiger partial charge in [0.15, 0.2) is 0 Å². The third kappa shape index (κ3) is 4.57. The predicted molar refractivity (Wildman–Crippen MR) is 114 cm³/mol. The van der Waals surface area contributed by atoms with E-state index >= 15 is 0 Å². The molecule has 0 amide bonds. The number of nitrogens with zero attached hydrogens (tertiary/aromatic N) is 2. The van der Waals surface area contributed by atoms with Crippen molar-refractivity contribution in [1.82, 2.24) is 15.1 Å². The van der Waals surface area contributed by atoms with Gasteiger partial charge in [0.25, 0.3) is 0 Å². The molecule has 0 radical (unpaired) electrons. The second kappa shape index (κ2) is 8.62. The molecule has 0 spiro atoms. The lowest BCUT2D eigenvalue weighted by molar-refractivity contribution is -0.142. The molecule has 2 N–H and O–H groups in total. The highest BCUT2D eigenvalue weighted by Crippen LogP contribution is 2.27. The maximum absolute atomic E-state index is 11.2. The zero-order chi connectivity index (χ0) is 20.2. The van der Waals surface area contributed by atoms with Crippen LogP contribution in [0.15, 0.2) is 60.8 Å². The maximum atomic E-state index is 11.2. The van der Waals surface area contributed by atoms with Gasteiger partial charge in [-0.15, -0.1) is 0 Å². The third-order valence-corrected chi connectivity index (χ3v) is 5.79. The van der Waals surface area contributed by atoms with Crippen LogP contribution in [0.1, 0.15) is 36.8 Å². The van der Waals surface area contributed by atoms with Gasteiger partial charge in [-0.2, -0.15) is 5.10 Å². The van der Waals surface area contributed by atoms with Crippen molar-refractivity contribution >= 4 is 5.97 Å². The van der Waals surface area contributed by atoms with Crippen molar-refractivity contribution in [3.05, 3.63) is 71.9 Å². The monoisotopic (exact) mass is 389 g/mol. The Labute approximate surface area is 171 Å². The first-order valence-electron chi connectivity index (χ1n) is 10.3. The van der Waals surface area contributed by atoms with Gasteiger partial charge in [0.2, 0.25) is 0 Å². The van der Waals surface area contributed by atoms with E-state index in [-0.39, 0.29) is 5.92 Å². The van der Waals surface area contributed by atoms with Crippen LogP contribution in [0.5, 0.6) is 0 Å². The Hall–Kier alpha value is -2.92. The number of aryl methyl sites for hydroxylation is 1. The molecule has 1 aromatic heterocycles. The Balaban J connectivity index is 1.54. The average molecular weight is 389 g/mol. The molecule has 0 atom stereocenters. The van der Waals surface area contributed by atoms with Crippen LogP contribution < -0.4 is 5.32 Å². The molecule has 5 nitrogen and oxygen atoms in total. The lowest BCUT2D eigenvalue weighted by atomic mass is 9.86. The van der Waals surface area contributed by atoms with Gasteiger partial charge in [-0.05, 0) is 44.7 Å². The zero-order valence-corrected chi connectivity index (χ0v) is 16.7. The van der Waals surface area contributed by atoms with Crippen LogP contribution in [-0.4, -0.2) is 26.9 Å². The molecular formula is C24H27N3O2. The van der Waals surface area contributed by atoms with Gasteiger partial charge in [0.05, 0.1) is 17.3 Å². The van der Waals surface area contributed by atoms with E-state index in [1.807, 2.05) is 22.9 Å². The smallest absolute Gasteiger partial charge is 0.306 e. The van der Waals surface area contributed by atoms with Crippen molar-refractivity contribution in [2.45, 2.75) is 45.2 Å². The molecule has 0 saturated heterocycles. The largest absolute Gasteiger partial charge is 0.481 e. The minimum absolute atomic E-state index is 0.183. The maximum Gasteiger partial charge on any atom is 0.306 e. The van der Waals surface area contributed by atoms with Crippen LogP contribution in [0.25, 0.3) is 16.9 Å². The SMILES string of the molecule is Cc1ccc(-c2nn(-c3ccccc3)cc2CNC2CCC(C(=O)O)CC2)cc1. The summed E-state index contributed by atoms with van der Waals surface area (Å²) in [4.78, 5) is 11.2. The minimum atomic E-state index is -0.658. The zero-order valence-electron chi connectivity index (χ0n) is 16.7. The van der Waals surface area contributed by atoms with Gasteiger partial charge in [-0.3, -0.25) is 4.79 Å². The molecule has 0 aliphatic heterocycles. The summed E-state index contributed by atoms with van der Waals surface area (Å²) in [6, 6.07) is 19.0. The summed E-state index contributed by atoms with van der Waals surface area (Å²) in [6.45, 7) is 2.81. The topological polar surface area (TPSA) is 67.2 Å². The number of carboxylic acid groups (broad SMARTS) is 1. The van der Waals surface area contributed by atoms with Crippen LogP contribution in [0.2, 0.25) is 0 Å². The highest BCUT2D eigenvalue weighted by atomic mass is 16.4. The first kappa shape index (κ1) is 19.4. The van der Waals surface area contributed by atoms with Gasteiger partial charge in [0, 0.05) is 29.9 Å². The van der Waals surface area contributed by atoms with Crippen molar-refractivity contribution in [1.29, 1.82) is 0 Å². The molecule has 1 saturated carbocycles. The first-order chi connectivity index (χ1) is 14.1. The van der Waals surface area contributed by atoms with Crippen LogP contribution in [0.4, 0.5) is 0 Å². The van der Waals surface area contributed by atoms with E-state index in [2.05, 4.69) is 54.8 Å². The molecule has 2 aromatic carbocycles. The van der Waals surface area contributed by atoms with Gasteiger partial charge in [0.1, 0.15) is 0 Å². The van der Waals surface area contributed by atoms with E-state index < -0.39 is 5.97 Å². The Bertz CT molecular complexity index is 956. The van der Waals surface area contributed by atoms with Gasteiger partial charge in [-0.1, -0.05) is 48.0 Å². The van der Waals surface area contributed by atoms with Crippen molar-refractivity contribution in [2.24, 2.45) is 5.92 Å². The van der Waals surface area contributed by atoms with Crippen LogP contribution >= 0.6 is 0 Å². The summed E-state index contributed by atoms with van der Waals surface area (Å²) in [5.74, 6) is -0.841. The van der Waals surface area contributed by atoms with Gasteiger partial charge < -0.3 is 10.4 Å². The molecule has 3 aromatic rings. The molecular weight excluding hydrogens is 362 g/mol. The van der Waals surface area contributed by atoms with Crippen LogP contribution in [0, 0.1) is 12.8 Å². The highest BCUT2D eigenvalue weighted by molar-refractivity contribution is 5.70. The number of hydrogen-bond donors (Lipinski definition) is 2. The summed E-state index contributed by atoms with van der Waals surface area (Å²) in [6.07, 6.45) is 5.41. The molecule has 0 unspecified atom stereocenters. The molecule has 1 aliphatic carbocycles. The predicted octanol–water partition coefficient (Wildman–Crippen LogP) is 4.58. The van der Waals surface area contributed by atoms with Crippen molar-refractivity contribution < 1.29 is 9.90 Å². The summed E-state index contributed by atoms with van der Waals surface area (Å²) in [5, 5.41) is 17.7. The Morgan fingerprint density at radius 1 is 1.07 bits per heavy atom. The number of nitrogens with one attached hydrogen (secondary N) is 1. The summed E-state index contributed by atoms with van der Waals surface area (Å²) in [5.41, 5.74) is 5.51. The van der Waals surface area contributed by atoms with E-state index in [0.29, 0.717) is 6.04 Å². The highest BCUT2D eigenvalue weighted by Gasteiger charge is 2.26. The minimum Gasteiger partial charge on any atom is -0.481 e. The molecule has 150 valence electrons. The van der Waals surface area contributed by atoms with Crippen molar-refractivity contribution in [2.75, 3.05) is 0 Å². The van der Waals surface area contributed by atoms with E-state index in [1.54, 1.807) is 0 Å². The normalized spacial score (nSPS) is 19.2. The lowest BCUT2D eigenvalue weighted by Gasteiger charge is -2.26. The molecule has 0 bridgehead atoms. The lowest BCUT2D eigenvalue weighted by Crippen LogP contribution is -2.34. The molecule has 1 fully saturated rings. The van der Waals surface area contributed by atoms with Gasteiger partial charge >= 0.3 is 5.97 Å². The number of hydrogen-bond acceptors (Lipinski definition) is 3. The third-order valence-electron chi connectivity index (χ3n) is 5.79. The Morgan fingerprint density at radius 2 is 1.76 bits per heavy atom.